The van der Waals surface area contributed by atoms with Crippen molar-refractivity contribution in [2.75, 3.05) is 7.11 Å². The van der Waals surface area contributed by atoms with E-state index >= 15 is 0 Å². The van der Waals surface area contributed by atoms with Crippen molar-refractivity contribution in [2.24, 2.45) is 0 Å². The highest BCUT2D eigenvalue weighted by Crippen LogP contribution is 2.15. The Bertz CT molecular complexity index is 284. The molecule has 0 saturated carbocycles. The van der Waals surface area contributed by atoms with Crippen LogP contribution < -0.4 is 4.74 Å². The third-order valence-corrected chi connectivity index (χ3v) is 1.66. The predicted molar refractivity (Wildman–Crippen MR) is 45.6 cm³/mol. The highest BCUT2D eigenvalue weighted by atomic mass is 16.5. The van der Waals surface area contributed by atoms with Crippen LogP contribution in [0.4, 0.5) is 0 Å². The number of nitrogens with zero attached hydrogens (tertiary/aromatic N) is 1. The van der Waals surface area contributed by atoms with Crippen LogP contribution in [0.3, 0.4) is 0 Å². The number of pyridine rings is 1. The molecule has 1 rings (SSSR count). The van der Waals surface area contributed by atoms with Gasteiger partial charge >= 0.3 is 0 Å². The fourth-order valence-electron chi connectivity index (χ4n) is 0.995. The lowest BCUT2D eigenvalue weighted by Crippen LogP contribution is -1.96. The molecule has 0 radical (unpaired) electrons. The second-order valence-electron chi connectivity index (χ2n) is 2.38. The van der Waals surface area contributed by atoms with Gasteiger partial charge in [0.25, 0.3) is 0 Å². The Morgan fingerprint density at radius 3 is 2.83 bits per heavy atom. The Morgan fingerprint density at radius 2 is 2.33 bits per heavy atom. The van der Waals surface area contributed by atoms with Crippen molar-refractivity contribution in [3.8, 4) is 5.88 Å². The first-order chi connectivity index (χ1) is 5.81. The number of aldehydes is 1. The minimum absolute atomic E-state index is 0.407. The average Bonchev–Trinajstić information content (AvgIpc) is 2.16. The molecule has 64 valence electrons. The van der Waals surface area contributed by atoms with Gasteiger partial charge in [-0.05, 0) is 12.5 Å². The van der Waals surface area contributed by atoms with Crippen molar-refractivity contribution in [2.45, 2.75) is 13.3 Å². The molecule has 0 amide bonds. The SMILES string of the molecule is CCc1ccc(C=O)nc1OC. The molecule has 0 aliphatic heterocycles. The molecule has 0 saturated heterocycles. The van der Waals surface area contributed by atoms with Crippen molar-refractivity contribution in [3.05, 3.63) is 23.4 Å². The van der Waals surface area contributed by atoms with E-state index in [4.69, 9.17) is 4.74 Å². The molecule has 1 heterocycles. The summed E-state index contributed by atoms with van der Waals surface area (Å²) in [5.41, 5.74) is 1.42. The zero-order valence-electron chi connectivity index (χ0n) is 7.20. The van der Waals surface area contributed by atoms with E-state index in [1.165, 1.54) is 0 Å². The van der Waals surface area contributed by atoms with E-state index in [9.17, 15) is 4.79 Å². The van der Waals surface area contributed by atoms with Crippen LogP contribution in [-0.2, 0) is 6.42 Å². The maximum atomic E-state index is 10.4. The van der Waals surface area contributed by atoms with Crippen molar-refractivity contribution >= 4 is 6.29 Å². The Morgan fingerprint density at radius 1 is 1.58 bits per heavy atom. The molecule has 12 heavy (non-hydrogen) atoms. The summed E-state index contributed by atoms with van der Waals surface area (Å²) in [5.74, 6) is 0.544. The van der Waals surface area contributed by atoms with E-state index in [2.05, 4.69) is 4.98 Å². The van der Waals surface area contributed by atoms with Gasteiger partial charge in [0.1, 0.15) is 5.69 Å². The summed E-state index contributed by atoms with van der Waals surface area (Å²) in [5, 5.41) is 0. The number of methoxy groups -OCH3 is 1. The number of hydrogen-bond donors (Lipinski definition) is 0. The van der Waals surface area contributed by atoms with E-state index in [-0.39, 0.29) is 0 Å². The standard InChI is InChI=1S/C9H11NO2/c1-3-7-4-5-8(6-11)10-9(7)12-2/h4-6H,3H2,1-2H3. The maximum Gasteiger partial charge on any atom is 0.216 e. The van der Waals surface area contributed by atoms with Gasteiger partial charge in [0.05, 0.1) is 7.11 Å². The molecule has 0 aromatic carbocycles. The molecule has 0 aliphatic carbocycles. The van der Waals surface area contributed by atoms with Gasteiger partial charge in [-0.1, -0.05) is 13.0 Å². The Hall–Kier alpha value is -1.38. The van der Waals surface area contributed by atoms with E-state index in [1.54, 1.807) is 13.2 Å². The van der Waals surface area contributed by atoms with Crippen LogP contribution >= 0.6 is 0 Å². The van der Waals surface area contributed by atoms with Crippen molar-refractivity contribution < 1.29 is 9.53 Å². The molecule has 0 atom stereocenters. The summed E-state index contributed by atoms with van der Waals surface area (Å²) in [4.78, 5) is 14.3. The molecule has 1 aromatic heterocycles. The highest BCUT2D eigenvalue weighted by molar-refractivity contribution is 5.72. The second-order valence-corrected chi connectivity index (χ2v) is 2.38. The average molecular weight is 165 g/mol. The number of ether oxygens (including phenoxy) is 1. The lowest BCUT2D eigenvalue weighted by Gasteiger charge is -2.04. The van der Waals surface area contributed by atoms with Gasteiger partial charge in [-0.25, -0.2) is 4.98 Å². The van der Waals surface area contributed by atoms with Gasteiger partial charge in [-0.3, -0.25) is 4.79 Å². The molecular weight excluding hydrogens is 154 g/mol. The number of rotatable bonds is 3. The van der Waals surface area contributed by atoms with Gasteiger partial charge in [-0.15, -0.1) is 0 Å². The third kappa shape index (κ3) is 1.61. The summed E-state index contributed by atoms with van der Waals surface area (Å²) in [6.07, 6.45) is 1.57. The first-order valence-corrected chi connectivity index (χ1v) is 3.81. The smallest absolute Gasteiger partial charge is 0.216 e. The van der Waals surface area contributed by atoms with Gasteiger partial charge in [0.15, 0.2) is 6.29 Å². The lowest BCUT2D eigenvalue weighted by molar-refractivity contribution is 0.111. The molecule has 0 unspecified atom stereocenters. The number of aryl methyl sites for hydroxylation is 1. The van der Waals surface area contributed by atoms with Crippen molar-refractivity contribution in [1.29, 1.82) is 0 Å². The lowest BCUT2D eigenvalue weighted by atomic mass is 10.2. The minimum Gasteiger partial charge on any atom is -0.481 e. The van der Waals surface area contributed by atoms with E-state index in [1.807, 2.05) is 13.0 Å². The molecule has 0 N–H and O–H groups in total. The first-order valence-electron chi connectivity index (χ1n) is 3.81. The number of carbonyl (C=O) groups excluding carboxylic acids is 1. The first kappa shape index (κ1) is 8.71. The van der Waals surface area contributed by atoms with E-state index < -0.39 is 0 Å². The van der Waals surface area contributed by atoms with Crippen molar-refractivity contribution in [3.63, 3.8) is 0 Å². The number of aromatic nitrogens is 1. The number of carbonyl (C=O) groups is 1. The minimum atomic E-state index is 0.407. The van der Waals surface area contributed by atoms with Crippen LogP contribution in [0.25, 0.3) is 0 Å². The summed E-state index contributed by atoms with van der Waals surface area (Å²) in [6, 6.07) is 3.55. The summed E-state index contributed by atoms with van der Waals surface area (Å²) in [7, 11) is 1.55. The molecule has 0 spiro atoms. The van der Waals surface area contributed by atoms with Gasteiger partial charge in [0, 0.05) is 5.56 Å². The highest BCUT2D eigenvalue weighted by Gasteiger charge is 2.02. The van der Waals surface area contributed by atoms with Crippen molar-refractivity contribution in [1.82, 2.24) is 4.98 Å². The zero-order valence-corrected chi connectivity index (χ0v) is 7.20. The summed E-state index contributed by atoms with van der Waals surface area (Å²) in [6.45, 7) is 2.01. The van der Waals surface area contributed by atoms with Crippen LogP contribution in [0.5, 0.6) is 5.88 Å². The van der Waals surface area contributed by atoms with Gasteiger partial charge < -0.3 is 4.74 Å². The largest absolute Gasteiger partial charge is 0.481 e. The predicted octanol–water partition coefficient (Wildman–Crippen LogP) is 1.47. The summed E-state index contributed by atoms with van der Waals surface area (Å²) >= 11 is 0. The van der Waals surface area contributed by atoms with Crippen LogP contribution in [0, 0.1) is 0 Å². The van der Waals surface area contributed by atoms with Gasteiger partial charge in [-0.2, -0.15) is 0 Å². The molecule has 3 nitrogen and oxygen atoms in total. The Kier molecular flexibility index (Phi) is 2.80. The van der Waals surface area contributed by atoms with E-state index in [0.29, 0.717) is 17.9 Å². The monoisotopic (exact) mass is 165 g/mol. The molecule has 0 aliphatic rings. The molecule has 0 bridgehead atoms. The molecule has 1 aromatic rings. The van der Waals surface area contributed by atoms with Crippen LogP contribution in [0.1, 0.15) is 23.0 Å². The van der Waals surface area contributed by atoms with Crippen LogP contribution in [-0.4, -0.2) is 18.4 Å². The number of hydrogen-bond acceptors (Lipinski definition) is 3. The second kappa shape index (κ2) is 3.85. The fourth-order valence-corrected chi connectivity index (χ4v) is 0.995. The molecule has 0 fully saturated rings. The normalized spacial score (nSPS) is 9.50. The maximum absolute atomic E-state index is 10.4. The van der Waals surface area contributed by atoms with Gasteiger partial charge in [0.2, 0.25) is 5.88 Å². The molecular formula is C9H11NO2. The van der Waals surface area contributed by atoms with Crippen LogP contribution in [0.2, 0.25) is 0 Å². The zero-order chi connectivity index (χ0) is 8.97. The molecule has 3 heteroatoms. The van der Waals surface area contributed by atoms with E-state index in [0.717, 1.165) is 12.0 Å². The van der Waals surface area contributed by atoms with Crippen LogP contribution in [0.15, 0.2) is 12.1 Å². The third-order valence-electron chi connectivity index (χ3n) is 1.66. The fraction of sp³-hybridized carbons (Fsp3) is 0.333. The topological polar surface area (TPSA) is 39.2 Å². The quantitative estimate of drug-likeness (QED) is 0.636. The Balaban J connectivity index is 3.10. The Labute approximate surface area is 71.4 Å². The summed E-state index contributed by atoms with van der Waals surface area (Å²) < 4.78 is 5.01.